The first kappa shape index (κ1) is 14.4. The summed E-state index contributed by atoms with van der Waals surface area (Å²) in [4.78, 5) is 9.67. The van der Waals surface area contributed by atoms with E-state index >= 15 is 0 Å². The monoisotopic (exact) mass is 285 g/mol. The van der Waals surface area contributed by atoms with Gasteiger partial charge >= 0.3 is 15.6 Å². The Morgan fingerprint density at radius 1 is 1.28 bits per heavy atom. The fourth-order valence-electron chi connectivity index (χ4n) is 1.02. The molecule has 1 aromatic carbocycles. The van der Waals surface area contributed by atoms with Crippen molar-refractivity contribution in [3.63, 3.8) is 0 Å². The van der Waals surface area contributed by atoms with E-state index < -0.39 is 32.8 Å². The van der Waals surface area contributed by atoms with Crippen molar-refractivity contribution in [2.75, 3.05) is 0 Å². The van der Waals surface area contributed by atoms with Crippen LogP contribution >= 0.6 is 0 Å². The van der Waals surface area contributed by atoms with Crippen LogP contribution in [-0.2, 0) is 20.9 Å². The molecule has 0 saturated carbocycles. The molecule has 6 nitrogen and oxygen atoms in total. The third kappa shape index (κ3) is 3.17. The van der Waals surface area contributed by atoms with E-state index in [1.165, 1.54) is 12.1 Å². The van der Waals surface area contributed by atoms with Crippen molar-refractivity contribution in [1.82, 2.24) is 0 Å². The first-order valence-corrected chi connectivity index (χ1v) is 5.74. The molecule has 0 radical (unpaired) electrons. The second-order valence-corrected chi connectivity index (χ2v) is 4.65. The highest BCUT2D eigenvalue weighted by Crippen LogP contribution is 2.27. The number of rotatable bonds is 4. The van der Waals surface area contributed by atoms with Gasteiger partial charge in [0.2, 0.25) is 0 Å². The predicted octanol–water partition coefficient (Wildman–Crippen LogP) is 1.96. The second-order valence-electron chi connectivity index (χ2n) is 3.05. The van der Waals surface area contributed by atoms with Gasteiger partial charge in [0.25, 0.3) is 5.69 Å². The third-order valence-corrected chi connectivity index (χ3v) is 2.84. The summed E-state index contributed by atoms with van der Waals surface area (Å²) in [7, 11) is -5.76. The van der Waals surface area contributed by atoms with Gasteiger partial charge in [0.15, 0.2) is 0 Å². The Bertz CT molecular complexity index is 554. The van der Waals surface area contributed by atoms with E-state index in [0.717, 1.165) is 12.1 Å². The molecule has 10 heteroatoms. The summed E-state index contributed by atoms with van der Waals surface area (Å²) < 4.78 is 60.7. The number of para-hydroxylation sites is 1. The molecule has 0 heterocycles. The van der Waals surface area contributed by atoms with Crippen LogP contribution in [0.15, 0.2) is 24.3 Å². The molecular formula is C8H6F3NO5S. The standard InChI is InChI=1S/C8H6F3NO5S/c9-8(10,11)18(15,16)17-5-6-3-1-2-4-7(6)12(13)14/h1-4H,5H2. The maximum atomic E-state index is 11.9. The van der Waals surface area contributed by atoms with Crippen LogP contribution in [0.4, 0.5) is 18.9 Å². The first-order valence-electron chi connectivity index (χ1n) is 4.33. The Morgan fingerprint density at radius 3 is 2.33 bits per heavy atom. The normalized spacial score (nSPS) is 12.4. The number of halogens is 3. The fraction of sp³-hybridized carbons (Fsp3) is 0.250. The van der Waals surface area contributed by atoms with E-state index in [2.05, 4.69) is 4.18 Å². The summed E-state index contributed by atoms with van der Waals surface area (Å²) in [6, 6.07) is 4.73. The molecule has 0 bridgehead atoms. The quantitative estimate of drug-likeness (QED) is 0.365. The van der Waals surface area contributed by atoms with Crippen LogP contribution in [-0.4, -0.2) is 18.8 Å². The lowest BCUT2D eigenvalue weighted by Crippen LogP contribution is -2.25. The van der Waals surface area contributed by atoms with Crippen molar-refractivity contribution in [3.8, 4) is 0 Å². The van der Waals surface area contributed by atoms with Gasteiger partial charge in [0.1, 0.15) is 0 Å². The Labute approximate surface area is 99.3 Å². The smallest absolute Gasteiger partial charge is 0.258 e. The highest BCUT2D eigenvalue weighted by molar-refractivity contribution is 7.87. The van der Waals surface area contributed by atoms with Crippen LogP contribution in [0, 0.1) is 10.1 Å². The van der Waals surface area contributed by atoms with Gasteiger partial charge in [-0.1, -0.05) is 12.1 Å². The average molecular weight is 285 g/mol. The first-order chi connectivity index (χ1) is 8.15. The Balaban J connectivity index is 2.92. The molecule has 0 amide bonds. The van der Waals surface area contributed by atoms with Crippen molar-refractivity contribution >= 4 is 15.8 Å². The Kier molecular flexibility index (Phi) is 3.92. The predicted molar refractivity (Wildman–Crippen MR) is 52.9 cm³/mol. The van der Waals surface area contributed by atoms with Crippen molar-refractivity contribution in [2.45, 2.75) is 12.1 Å². The molecule has 0 N–H and O–H groups in total. The summed E-state index contributed by atoms with van der Waals surface area (Å²) in [5.41, 5.74) is -6.35. The minimum Gasteiger partial charge on any atom is -0.258 e. The van der Waals surface area contributed by atoms with Crippen LogP contribution in [0.1, 0.15) is 5.56 Å². The highest BCUT2D eigenvalue weighted by atomic mass is 32.2. The van der Waals surface area contributed by atoms with Crippen molar-refractivity contribution < 1.29 is 30.7 Å². The molecule has 0 unspecified atom stereocenters. The molecule has 0 aliphatic carbocycles. The average Bonchev–Trinajstić information content (AvgIpc) is 2.25. The van der Waals surface area contributed by atoms with E-state index in [-0.39, 0.29) is 5.56 Å². The van der Waals surface area contributed by atoms with Crippen LogP contribution < -0.4 is 0 Å². The number of nitro benzene ring substituents is 1. The van der Waals surface area contributed by atoms with Crippen LogP contribution in [0.5, 0.6) is 0 Å². The van der Waals surface area contributed by atoms with E-state index in [1.807, 2.05) is 0 Å². The van der Waals surface area contributed by atoms with Crippen molar-refractivity contribution in [1.29, 1.82) is 0 Å². The Hall–Kier alpha value is -1.68. The van der Waals surface area contributed by atoms with E-state index in [9.17, 15) is 31.7 Å². The number of nitrogens with zero attached hydrogens (tertiary/aromatic N) is 1. The van der Waals surface area contributed by atoms with E-state index in [1.54, 1.807) is 0 Å². The number of hydrogen-bond acceptors (Lipinski definition) is 5. The van der Waals surface area contributed by atoms with Crippen LogP contribution in [0.25, 0.3) is 0 Å². The zero-order valence-electron chi connectivity index (χ0n) is 8.55. The molecule has 18 heavy (non-hydrogen) atoms. The van der Waals surface area contributed by atoms with Gasteiger partial charge in [0, 0.05) is 6.07 Å². The molecule has 100 valence electrons. The van der Waals surface area contributed by atoms with Crippen LogP contribution in [0.3, 0.4) is 0 Å². The minimum atomic E-state index is -5.76. The number of benzene rings is 1. The zero-order valence-corrected chi connectivity index (χ0v) is 9.36. The minimum absolute atomic E-state index is 0.268. The lowest BCUT2D eigenvalue weighted by molar-refractivity contribution is -0.385. The maximum absolute atomic E-state index is 11.9. The number of hydrogen-bond donors (Lipinski definition) is 0. The molecule has 0 saturated heterocycles. The third-order valence-electron chi connectivity index (χ3n) is 1.84. The molecule has 1 rings (SSSR count). The van der Waals surface area contributed by atoms with Gasteiger partial charge in [-0.25, -0.2) is 0 Å². The molecule has 1 aromatic rings. The summed E-state index contributed by atoms with van der Waals surface area (Å²) in [6.07, 6.45) is 0. The topological polar surface area (TPSA) is 86.5 Å². The van der Waals surface area contributed by atoms with Gasteiger partial charge in [-0.15, -0.1) is 0 Å². The van der Waals surface area contributed by atoms with Crippen molar-refractivity contribution in [2.24, 2.45) is 0 Å². The lowest BCUT2D eigenvalue weighted by Gasteiger charge is -2.08. The van der Waals surface area contributed by atoms with Gasteiger partial charge in [0.05, 0.1) is 17.1 Å². The van der Waals surface area contributed by atoms with Gasteiger partial charge < -0.3 is 0 Å². The summed E-state index contributed by atoms with van der Waals surface area (Å²) in [5, 5.41) is 10.5. The molecule has 0 aromatic heterocycles. The lowest BCUT2D eigenvalue weighted by atomic mass is 10.2. The second kappa shape index (κ2) is 4.90. The largest absolute Gasteiger partial charge is 0.523 e. The van der Waals surface area contributed by atoms with Gasteiger partial charge in [-0.2, -0.15) is 21.6 Å². The highest BCUT2D eigenvalue weighted by Gasteiger charge is 2.47. The van der Waals surface area contributed by atoms with E-state index in [4.69, 9.17) is 0 Å². The zero-order chi connectivity index (χ0) is 14.0. The fourth-order valence-corrected chi connectivity index (χ4v) is 1.43. The summed E-state index contributed by atoms with van der Waals surface area (Å²) in [6.45, 7) is -1.06. The maximum Gasteiger partial charge on any atom is 0.523 e. The summed E-state index contributed by atoms with van der Waals surface area (Å²) >= 11 is 0. The molecule has 0 aliphatic heterocycles. The van der Waals surface area contributed by atoms with Crippen molar-refractivity contribution in [3.05, 3.63) is 39.9 Å². The number of nitro groups is 1. The Morgan fingerprint density at radius 2 is 1.83 bits per heavy atom. The van der Waals surface area contributed by atoms with Crippen LogP contribution in [0.2, 0.25) is 0 Å². The number of alkyl halides is 3. The van der Waals surface area contributed by atoms with Gasteiger partial charge in [-0.3, -0.25) is 14.3 Å². The SMILES string of the molecule is O=[N+]([O-])c1ccccc1COS(=O)(=O)C(F)(F)F. The molecule has 0 aliphatic rings. The molecular weight excluding hydrogens is 279 g/mol. The van der Waals surface area contributed by atoms with Gasteiger partial charge in [-0.05, 0) is 6.07 Å². The molecule has 0 atom stereocenters. The molecule has 0 spiro atoms. The van der Waals surface area contributed by atoms with E-state index in [0.29, 0.717) is 0 Å². The summed E-state index contributed by atoms with van der Waals surface area (Å²) in [5.74, 6) is 0. The molecule has 0 fully saturated rings.